The molecule has 0 saturated heterocycles. The Morgan fingerprint density at radius 2 is 1.90 bits per heavy atom. The van der Waals surface area contributed by atoms with E-state index in [1.54, 1.807) is 12.4 Å². The van der Waals surface area contributed by atoms with Gasteiger partial charge in [-0.1, -0.05) is 19.1 Å². The summed E-state index contributed by atoms with van der Waals surface area (Å²) in [7, 11) is 0. The molecular formula is C15H17F3N2O. The number of hydrogen-bond acceptors (Lipinski definition) is 2. The minimum atomic E-state index is -4.33. The Labute approximate surface area is 121 Å². The summed E-state index contributed by atoms with van der Waals surface area (Å²) in [6, 6.07) is 4.88. The Hall–Kier alpha value is -1.82. The molecule has 3 nitrogen and oxygen atoms in total. The third-order valence-electron chi connectivity index (χ3n) is 3.28. The molecule has 2 rings (SSSR count). The van der Waals surface area contributed by atoms with Crippen LogP contribution >= 0.6 is 0 Å². The van der Waals surface area contributed by atoms with Crippen LogP contribution in [0.25, 0.3) is 0 Å². The lowest BCUT2D eigenvalue weighted by atomic mass is 10.1. The van der Waals surface area contributed by atoms with E-state index in [-0.39, 0.29) is 0 Å². The molecule has 1 aromatic heterocycles. The largest absolute Gasteiger partial charge is 0.416 e. The van der Waals surface area contributed by atoms with Gasteiger partial charge in [0, 0.05) is 25.2 Å². The molecule has 1 N–H and O–H groups in total. The minimum absolute atomic E-state index is 0.305. The molecule has 1 heterocycles. The van der Waals surface area contributed by atoms with Crippen LogP contribution in [0.1, 0.15) is 23.9 Å². The summed E-state index contributed by atoms with van der Waals surface area (Å²) in [5, 5.41) is 10.1. The van der Waals surface area contributed by atoms with Gasteiger partial charge in [0.2, 0.25) is 0 Å². The maximum atomic E-state index is 12.5. The fraction of sp³-hybridized carbons (Fsp3) is 0.400. The monoisotopic (exact) mass is 298 g/mol. The van der Waals surface area contributed by atoms with Gasteiger partial charge in [0.1, 0.15) is 5.82 Å². The summed E-state index contributed by atoms with van der Waals surface area (Å²) < 4.78 is 39.2. The van der Waals surface area contributed by atoms with Gasteiger partial charge in [-0.3, -0.25) is 0 Å². The van der Waals surface area contributed by atoms with E-state index < -0.39 is 17.8 Å². The Kier molecular flexibility index (Phi) is 4.67. The number of halogens is 3. The second kappa shape index (κ2) is 6.30. The Balaban J connectivity index is 1.98. The molecular weight excluding hydrogens is 281 g/mol. The zero-order valence-corrected chi connectivity index (χ0v) is 11.6. The topological polar surface area (TPSA) is 38.0 Å². The smallest absolute Gasteiger partial charge is 0.391 e. The maximum absolute atomic E-state index is 12.5. The van der Waals surface area contributed by atoms with Crippen LogP contribution in [0.3, 0.4) is 0 Å². The SMILES string of the molecule is CCc1nccn1CC(O)Cc1ccc(C(F)(F)F)cc1. The van der Waals surface area contributed by atoms with Crippen molar-refractivity contribution in [1.29, 1.82) is 0 Å². The molecule has 0 aliphatic heterocycles. The third-order valence-corrected chi connectivity index (χ3v) is 3.28. The van der Waals surface area contributed by atoms with Crippen LogP contribution in [0.4, 0.5) is 13.2 Å². The molecule has 0 fully saturated rings. The molecule has 1 unspecified atom stereocenters. The molecule has 1 aromatic carbocycles. The van der Waals surface area contributed by atoms with Crippen molar-refractivity contribution in [2.45, 2.75) is 38.6 Å². The van der Waals surface area contributed by atoms with Crippen LogP contribution in [0.2, 0.25) is 0 Å². The summed E-state index contributed by atoms with van der Waals surface area (Å²) in [5.74, 6) is 0.876. The molecule has 0 aliphatic rings. The minimum Gasteiger partial charge on any atom is -0.391 e. The number of aromatic nitrogens is 2. The summed E-state index contributed by atoms with van der Waals surface area (Å²) in [6.07, 6.45) is -0.469. The Morgan fingerprint density at radius 1 is 1.24 bits per heavy atom. The number of rotatable bonds is 5. The highest BCUT2D eigenvalue weighted by Crippen LogP contribution is 2.29. The number of aliphatic hydroxyl groups excluding tert-OH is 1. The van der Waals surface area contributed by atoms with Crippen LogP contribution in [-0.2, 0) is 25.6 Å². The second-order valence-corrected chi connectivity index (χ2v) is 4.90. The first kappa shape index (κ1) is 15.6. The fourth-order valence-electron chi connectivity index (χ4n) is 2.21. The van der Waals surface area contributed by atoms with E-state index in [4.69, 9.17) is 0 Å². The standard InChI is InChI=1S/C15H17F3N2O/c1-2-14-19-7-8-20(14)10-13(21)9-11-3-5-12(6-4-11)15(16,17)18/h3-8,13,21H,2,9-10H2,1H3. The van der Waals surface area contributed by atoms with Crippen molar-refractivity contribution in [2.75, 3.05) is 0 Å². The highest BCUT2D eigenvalue weighted by Gasteiger charge is 2.29. The van der Waals surface area contributed by atoms with Crippen molar-refractivity contribution >= 4 is 0 Å². The van der Waals surface area contributed by atoms with Crippen molar-refractivity contribution in [1.82, 2.24) is 9.55 Å². The lowest BCUT2D eigenvalue weighted by Crippen LogP contribution is -2.19. The van der Waals surface area contributed by atoms with Crippen LogP contribution in [-0.4, -0.2) is 20.8 Å². The highest BCUT2D eigenvalue weighted by molar-refractivity contribution is 5.25. The average molecular weight is 298 g/mol. The number of nitrogens with zero attached hydrogens (tertiary/aromatic N) is 2. The lowest BCUT2D eigenvalue weighted by molar-refractivity contribution is -0.137. The lowest BCUT2D eigenvalue weighted by Gasteiger charge is -2.14. The fourth-order valence-corrected chi connectivity index (χ4v) is 2.21. The number of imidazole rings is 1. The van der Waals surface area contributed by atoms with Crippen molar-refractivity contribution in [3.05, 3.63) is 53.6 Å². The zero-order chi connectivity index (χ0) is 15.5. The summed E-state index contributed by atoms with van der Waals surface area (Å²) in [5.41, 5.74) is -0.00252. The van der Waals surface area contributed by atoms with Gasteiger partial charge in [-0.15, -0.1) is 0 Å². The summed E-state index contributed by atoms with van der Waals surface area (Å²) in [6.45, 7) is 2.35. The summed E-state index contributed by atoms with van der Waals surface area (Å²) >= 11 is 0. The molecule has 0 aliphatic carbocycles. The number of aliphatic hydroxyl groups is 1. The molecule has 0 radical (unpaired) electrons. The van der Waals surface area contributed by atoms with Crippen molar-refractivity contribution < 1.29 is 18.3 Å². The summed E-state index contributed by atoms with van der Waals surface area (Å²) in [4.78, 5) is 4.16. The number of benzene rings is 1. The van der Waals surface area contributed by atoms with E-state index in [1.807, 2.05) is 11.5 Å². The van der Waals surface area contributed by atoms with Crippen LogP contribution in [0, 0.1) is 0 Å². The average Bonchev–Trinajstić information content (AvgIpc) is 2.85. The third kappa shape index (κ3) is 4.07. The van der Waals surface area contributed by atoms with E-state index in [9.17, 15) is 18.3 Å². The predicted molar refractivity (Wildman–Crippen MR) is 72.8 cm³/mol. The van der Waals surface area contributed by atoms with Crippen molar-refractivity contribution in [3.8, 4) is 0 Å². The van der Waals surface area contributed by atoms with Crippen molar-refractivity contribution in [2.24, 2.45) is 0 Å². The first-order chi connectivity index (χ1) is 9.90. The molecule has 0 spiro atoms. The maximum Gasteiger partial charge on any atom is 0.416 e. The number of hydrogen-bond donors (Lipinski definition) is 1. The number of alkyl halides is 3. The van der Waals surface area contributed by atoms with Gasteiger partial charge in [0.15, 0.2) is 0 Å². The molecule has 0 amide bonds. The Morgan fingerprint density at radius 3 is 2.48 bits per heavy atom. The van der Waals surface area contributed by atoms with E-state index >= 15 is 0 Å². The molecule has 114 valence electrons. The van der Waals surface area contributed by atoms with Crippen LogP contribution < -0.4 is 0 Å². The van der Waals surface area contributed by atoms with E-state index in [1.165, 1.54) is 12.1 Å². The van der Waals surface area contributed by atoms with Gasteiger partial charge in [-0.05, 0) is 17.7 Å². The van der Waals surface area contributed by atoms with Gasteiger partial charge in [-0.25, -0.2) is 4.98 Å². The predicted octanol–water partition coefficient (Wildman–Crippen LogP) is 3.07. The van der Waals surface area contributed by atoms with E-state index in [2.05, 4.69) is 4.98 Å². The zero-order valence-electron chi connectivity index (χ0n) is 11.6. The molecule has 0 bridgehead atoms. The van der Waals surface area contributed by atoms with E-state index in [0.717, 1.165) is 24.4 Å². The van der Waals surface area contributed by atoms with Crippen LogP contribution in [0.15, 0.2) is 36.7 Å². The molecule has 1 atom stereocenters. The van der Waals surface area contributed by atoms with Crippen molar-refractivity contribution in [3.63, 3.8) is 0 Å². The van der Waals surface area contributed by atoms with Crippen LogP contribution in [0.5, 0.6) is 0 Å². The Bertz CT molecular complexity index is 575. The van der Waals surface area contributed by atoms with Gasteiger partial charge < -0.3 is 9.67 Å². The van der Waals surface area contributed by atoms with E-state index in [0.29, 0.717) is 18.5 Å². The molecule has 2 aromatic rings. The van der Waals surface area contributed by atoms with Gasteiger partial charge >= 0.3 is 6.18 Å². The quantitative estimate of drug-likeness (QED) is 0.921. The van der Waals surface area contributed by atoms with Gasteiger partial charge in [-0.2, -0.15) is 13.2 Å². The molecule has 21 heavy (non-hydrogen) atoms. The second-order valence-electron chi connectivity index (χ2n) is 4.90. The first-order valence-corrected chi connectivity index (χ1v) is 6.74. The normalized spacial score (nSPS) is 13.4. The molecule has 6 heteroatoms. The molecule has 0 saturated carbocycles. The first-order valence-electron chi connectivity index (χ1n) is 6.74. The van der Waals surface area contributed by atoms with Gasteiger partial charge in [0.25, 0.3) is 0 Å². The number of aryl methyl sites for hydroxylation is 1. The highest BCUT2D eigenvalue weighted by atomic mass is 19.4. The van der Waals surface area contributed by atoms with Gasteiger partial charge in [0.05, 0.1) is 18.2 Å².